The molecule has 0 aromatic carbocycles. The van der Waals surface area contributed by atoms with Gasteiger partial charge in [-0.25, -0.2) is 9.13 Å². The van der Waals surface area contributed by atoms with E-state index >= 15 is 0 Å². The topological polar surface area (TPSA) is 156 Å². The summed E-state index contributed by atoms with van der Waals surface area (Å²) in [5, 5.41) is 0. The third kappa shape index (κ3) is 8.71. The molecule has 15 heavy (non-hydrogen) atoms. The Balaban J connectivity index is 4.20. The lowest BCUT2D eigenvalue weighted by Gasteiger charge is -2.11. The maximum atomic E-state index is 10.8. The first kappa shape index (κ1) is 14.7. The minimum atomic E-state index is -5.18. The van der Waals surface area contributed by atoms with Gasteiger partial charge in [-0.15, -0.1) is 0 Å². The molecule has 0 heterocycles. The van der Waals surface area contributed by atoms with Crippen LogP contribution in [0.5, 0.6) is 0 Å². The maximum absolute atomic E-state index is 10.8. The van der Waals surface area contributed by atoms with Crippen molar-refractivity contribution in [3.05, 3.63) is 0 Å². The quantitative estimate of drug-likeness (QED) is 0.462. The van der Waals surface area contributed by atoms with Crippen LogP contribution in [0.1, 0.15) is 12.8 Å². The van der Waals surface area contributed by atoms with Crippen LogP contribution >= 0.6 is 15.6 Å². The standard InChI is InChI=1S/C4H11NO8P2/c5-3-1-2-4(6)12-15(10,11)13-14(7,8)9/h1-3,5H2,(H,10,11)(H2,7,8,9). The molecule has 0 aliphatic rings. The summed E-state index contributed by atoms with van der Waals surface area (Å²) in [6, 6.07) is 0. The van der Waals surface area contributed by atoms with Crippen molar-refractivity contribution >= 4 is 21.6 Å². The molecular weight excluding hydrogens is 252 g/mol. The first-order valence-electron chi connectivity index (χ1n) is 3.68. The molecule has 0 rings (SSSR count). The Labute approximate surface area is 85.0 Å². The largest absolute Gasteiger partial charge is 0.538 e. The summed E-state index contributed by atoms with van der Waals surface area (Å²) in [4.78, 5) is 35.8. The van der Waals surface area contributed by atoms with Crippen LogP contribution in [0.2, 0.25) is 0 Å². The molecule has 1 atom stereocenters. The lowest BCUT2D eigenvalue weighted by atomic mass is 10.3. The van der Waals surface area contributed by atoms with E-state index in [1.54, 1.807) is 0 Å². The monoisotopic (exact) mass is 263 g/mol. The van der Waals surface area contributed by atoms with Gasteiger partial charge in [-0.2, -0.15) is 4.31 Å². The van der Waals surface area contributed by atoms with Crippen molar-refractivity contribution < 1.29 is 37.4 Å². The van der Waals surface area contributed by atoms with E-state index in [1.165, 1.54) is 0 Å². The van der Waals surface area contributed by atoms with Gasteiger partial charge in [0.15, 0.2) is 0 Å². The van der Waals surface area contributed by atoms with Crippen molar-refractivity contribution in [1.29, 1.82) is 0 Å². The molecule has 1 unspecified atom stereocenters. The van der Waals surface area contributed by atoms with Crippen LogP contribution in [0.4, 0.5) is 0 Å². The summed E-state index contributed by atoms with van der Waals surface area (Å²) in [5.74, 6) is -1.13. The molecule has 0 aromatic heterocycles. The minimum absolute atomic E-state index is 0.171. The fraction of sp³-hybridized carbons (Fsp3) is 0.750. The third-order valence-corrected chi connectivity index (χ3v) is 3.12. The predicted molar refractivity (Wildman–Crippen MR) is 47.3 cm³/mol. The zero-order valence-electron chi connectivity index (χ0n) is 7.48. The van der Waals surface area contributed by atoms with Gasteiger partial charge in [-0.05, 0) is 13.0 Å². The highest BCUT2D eigenvalue weighted by atomic mass is 31.3. The third-order valence-electron chi connectivity index (χ3n) is 1.01. The summed E-state index contributed by atoms with van der Waals surface area (Å²) in [7, 11) is -10.2. The number of nitrogens with two attached hydrogens (primary N) is 1. The molecule has 0 saturated heterocycles. The second-order valence-corrected chi connectivity index (χ2v) is 5.15. The van der Waals surface area contributed by atoms with Gasteiger partial charge in [0.2, 0.25) is 0 Å². The van der Waals surface area contributed by atoms with E-state index in [0.717, 1.165) is 0 Å². The van der Waals surface area contributed by atoms with Crippen LogP contribution < -0.4 is 5.73 Å². The van der Waals surface area contributed by atoms with Crippen molar-refractivity contribution in [2.24, 2.45) is 5.73 Å². The second kappa shape index (κ2) is 5.72. The van der Waals surface area contributed by atoms with E-state index in [-0.39, 0.29) is 19.4 Å². The average Bonchev–Trinajstić information content (AvgIpc) is 1.94. The molecule has 5 N–H and O–H groups in total. The smallest absolute Gasteiger partial charge is 0.370 e. The predicted octanol–water partition coefficient (Wildman–Crippen LogP) is -0.522. The van der Waals surface area contributed by atoms with Gasteiger partial charge >= 0.3 is 21.6 Å². The van der Waals surface area contributed by atoms with Gasteiger partial charge in [0.25, 0.3) is 0 Å². The minimum Gasteiger partial charge on any atom is -0.370 e. The van der Waals surface area contributed by atoms with Crippen LogP contribution in [0.15, 0.2) is 0 Å². The Morgan fingerprint density at radius 3 is 2.20 bits per heavy atom. The van der Waals surface area contributed by atoms with Crippen LogP contribution in [-0.4, -0.2) is 27.2 Å². The molecule has 0 bridgehead atoms. The highest BCUT2D eigenvalue weighted by Crippen LogP contribution is 2.57. The highest BCUT2D eigenvalue weighted by molar-refractivity contribution is 7.61. The van der Waals surface area contributed by atoms with Gasteiger partial charge in [-0.1, -0.05) is 0 Å². The van der Waals surface area contributed by atoms with Crippen molar-refractivity contribution in [3.63, 3.8) is 0 Å². The number of hydrogen-bond donors (Lipinski definition) is 4. The maximum Gasteiger partial charge on any atom is 0.538 e. The molecule has 0 aromatic rings. The lowest BCUT2D eigenvalue weighted by molar-refractivity contribution is -0.135. The summed E-state index contributed by atoms with van der Waals surface area (Å²) in [5.41, 5.74) is 5.05. The van der Waals surface area contributed by atoms with Crippen molar-refractivity contribution in [1.82, 2.24) is 0 Å². The molecule has 0 aliphatic carbocycles. The molecule has 0 aliphatic heterocycles. The zero-order chi connectivity index (χ0) is 12.1. The van der Waals surface area contributed by atoms with E-state index < -0.39 is 21.6 Å². The van der Waals surface area contributed by atoms with Gasteiger partial charge in [0, 0.05) is 6.42 Å². The van der Waals surface area contributed by atoms with E-state index in [2.05, 4.69) is 8.83 Å². The number of rotatable bonds is 6. The number of hydrogen-bond acceptors (Lipinski definition) is 6. The van der Waals surface area contributed by atoms with E-state index in [4.69, 9.17) is 20.4 Å². The fourth-order valence-electron chi connectivity index (χ4n) is 0.572. The SMILES string of the molecule is NCCCC(=O)OP(=O)(O)OP(=O)(O)O. The van der Waals surface area contributed by atoms with Crippen molar-refractivity contribution in [2.75, 3.05) is 6.54 Å². The first-order chi connectivity index (χ1) is 6.66. The van der Waals surface area contributed by atoms with Gasteiger partial charge < -0.3 is 20.0 Å². The number of phosphoric ester groups is 1. The highest BCUT2D eigenvalue weighted by Gasteiger charge is 2.35. The Hall–Kier alpha value is -0.270. The normalized spacial score (nSPS) is 15.7. The van der Waals surface area contributed by atoms with Crippen LogP contribution in [-0.2, 0) is 22.8 Å². The fourth-order valence-corrected chi connectivity index (χ4v) is 2.13. The Morgan fingerprint density at radius 1 is 1.27 bits per heavy atom. The molecule has 11 heteroatoms. The van der Waals surface area contributed by atoms with Crippen LogP contribution in [0.25, 0.3) is 0 Å². The molecular formula is C4H11NO8P2. The number of carbonyl (C=O) groups is 1. The molecule has 9 nitrogen and oxygen atoms in total. The van der Waals surface area contributed by atoms with E-state index in [9.17, 15) is 13.9 Å². The molecule has 0 saturated carbocycles. The van der Waals surface area contributed by atoms with Gasteiger partial charge in [0.05, 0.1) is 0 Å². The lowest BCUT2D eigenvalue weighted by Crippen LogP contribution is -2.07. The van der Waals surface area contributed by atoms with Crippen molar-refractivity contribution in [3.8, 4) is 0 Å². The molecule has 0 fully saturated rings. The summed E-state index contributed by atoms with van der Waals surface area (Å²) < 4.78 is 28.1. The van der Waals surface area contributed by atoms with Crippen LogP contribution in [0.3, 0.4) is 0 Å². The molecule has 0 radical (unpaired) electrons. The van der Waals surface area contributed by atoms with Gasteiger partial charge in [0.1, 0.15) is 0 Å². The number of phosphoric acid groups is 2. The van der Waals surface area contributed by atoms with E-state index in [1.807, 2.05) is 0 Å². The Bertz CT molecular complexity index is 310. The molecule has 90 valence electrons. The second-order valence-electron chi connectivity index (χ2n) is 2.40. The average molecular weight is 263 g/mol. The summed E-state index contributed by atoms with van der Waals surface area (Å²) >= 11 is 0. The summed E-state index contributed by atoms with van der Waals surface area (Å²) in [6.45, 7) is 0.171. The summed E-state index contributed by atoms with van der Waals surface area (Å²) in [6.07, 6.45) is -0.0275. The zero-order valence-corrected chi connectivity index (χ0v) is 9.26. The molecule has 0 amide bonds. The van der Waals surface area contributed by atoms with Gasteiger partial charge in [-0.3, -0.25) is 9.69 Å². The Kier molecular flexibility index (Phi) is 5.61. The molecule has 0 spiro atoms. The first-order valence-corrected chi connectivity index (χ1v) is 6.71. The van der Waals surface area contributed by atoms with Crippen molar-refractivity contribution in [2.45, 2.75) is 12.8 Å². The number of carbonyl (C=O) groups excluding carboxylic acids is 1. The van der Waals surface area contributed by atoms with Crippen LogP contribution in [0, 0.1) is 0 Å². The van der Waals surface area contributed by atoms with E-state index in [0.29, 0.717) is 0 Å². The Morgan fingerprint density at radius 2 is 1.80 bits per heavy atom.